The van der Waals surface area contributed by atoms with Crippen molar-refractivity contribution in [1.82, 2.24) is 9.80 Å². The molecule has 0 N–H and O–H groups in total. The first kappa shape index (κ1) is 23.2. The van der Waals surface area contributed by atoms with Crippen molar-refractivity contribution in [2.75, 3.05) is 32.8 Å². The van der Waals surface area contributed by atoms with E-state index in [1.54, 1.807) is 16.7 Å². The summed E-state index contributed by atoms with van der Waals surface area (Å²) in [6.45, 7) is 12.0. The normalized spacial score (nSPS) is 21.7. The lowest BCUT2D eigenvalue weighted by molar-refractivity contribution is -0.150. The minimum absolute atomic E-state index is 0.00595. The largest absolute Gasteiger partial charge is 0.466 e. The van der Waals surface area contributed by atoms with E-state index in [9.17, 15) is 14.4 Å². The Kier molecular flexibility index (Phi) is 8.11. The lowest BCUT2D eigenvalue weighted by Gasteiger charge is -2.33. The van der Waals surface area contributed by atoms with E-state index in [1.165, 1.54) is 0 Å². The second-order valence-electron chi connectivity index (χ2n) is 9.00. The van der Waals surface area contributed by atoms with Crippen LogP contribution in [-0.4, -0.2) is 66.2 Å². The van der Waals surface area contributed by atoms with Gasteiger partial charge in [-0.25, -0.2) is 4.79 Å². The van der Waals surface area contributed by atoms with E-state index >= 15 is 0 Å². The highest BCUT2D eigenvalue weighted by atomic mass is 16.6. The van der Waals surface area contributed by atoms with Crippen molar-refractivity contribution in [3.63, 3.8) is 0 Å². The fourth-order valence-corrected chi connectivity index (χ4v) is 3.86. The average Bonchev–Trinajstić information content (AvgIpc) is 2.67. The highest BCUT2D eigenvalue weighted by Crippen LogP contribution is 2.24. The van der Waals surface area contributed by atoms with Crippen molar-refractivity contribution in [3.8, 4) is 0 Å². The van der Waals surface area contributed by atoms with Gasteiger partial charge in [-0.1, -0.05) is 6.08 Å². The fraction of sp³-hybridized carbons (Fsp3) is 0.773. The van der Waals surface area contributed by atoms with E-state index in [0.29, 0.717) is 38.4 Å². The summed E-state index contributed by atoms with van der Waals surface area (Å²) in [5.41, 5.74) is 0.220. The number of piperidine rings is 2. The zero-order valence-electron chi connectivity index (χ0n) is 18.5. The van der Waals surface area contributed by atoms with Crippen LogP contribution in [0, 0.1) is 11.8 Å². The van der Waals surface area contributed by atoms with Gasteiger partial charge in [0.2, 0.25) is 5.91 Å². The molecule has 0 aromatic carbocycles. The van der Waals surface area contributed by atoms with Crippen LogP contribution >= 0.6 is 0 Å². The lowest BCUT2D eigenvalue weighted by Crippen LogP contribution is -2.43. The number of hydrogen-bond acceptors (Lipinski definition) is 5. The van der Waals surface area contributed by atoms with Crippen LogP contribution in [0.25, 0.3) is 0 Å². The summed E-state index contributed by atoms with van der Waals surface area (Å²) in [7, 11) is 0. The number of hydrogen-bond donors (Lipinski definition) is 0. The Morgan fingerprint density at radius 3 is 2.28 bits per heavy atom. The van der Waals surface area contributed by atoms with E-state index < -0.39 is 5.60 Å². The molecule has 1 atom stereocenters. The molecule has 0 aromatic heterocycles. The molecule has 0 aliphatic carbocycles. The van der Waals surface area contributed by atoms with Crippen LogP contribution in [0.1, 0.15) is 60.3 Å². The monoisotopic (exact) mass is 408 g/mol. The molecule has 0 unspecified atom stereocenters. The minimum atomic E-state index is -0.493. The minimum Gasteiger partial charge on any atom is -0.466 e. The zero-order valence-corrected chi connectivity index (χ0v) is 18.5. The molecule has 2 aliphatic heterocycles. The summed E-state index contributed by atoms with van der Waals surface area (Å²) in [4.78, 5) is 40.5. The SMILES string of the molecule is CCOC(=O)[C@@H]1CCCN(C(=O)/C(C)=C/C2CCN(C(=O)OC(C)(C)C)CC2)C1. The van der Waals surface area contributed by atoms with Gasteiger partial charge in [0.05, 0.1) is 12.5 Å². The zero-order chi connectivity index (χ0) is 21.6. The van der Waals surface area contributed by atoms with Crippen LogP contribution in [0.4, 0.5) is 4.79 Å². The Bertz CT molecular complexity index is 630. The Morgan fingerprint density at radius 1 is 1.03 bits per heavy atom. The standard InChI is InChI=1S/C22H36N2O5/c1-6-28-20(26)18-8-7-11-24(15-18)19(25)16(2)14-17-9-12-23(13-10-17)21(27)29-22(3,4)5/h14,17-18H,6-13,15H2,1-5H3/b16-14+/t18-/m1/s1. The lowest BCUT2D eigenvalue weighted by atomic mass is 9.93. The Balaban J connectivity index is 1.87. The summed E-state index contributed by atoms with van der Waals surface area (Å²) >= 11 is 0. The van der Waals surface area contributed by atoms with Crippen molar-refractivity contribution in [2.45, 2.75) is 65.9 Å². The van der Waals surface area contributed by atoms with Gasteiger partial charge in [-0.15, -0.1) is 0 Å². The number of rotatable bonds is 4. The van der Waals surface area contributed by atoms with Gasteiger partial charge in [0.1, 0.15) is 5.60 Å². The molecule has 7 nitrogen and oxygen atoms in total. The molecule has 2 heterocycles. The first-order valence-corrected chi connectivity index (χ1v) is 10.7. The summed E-state index contributed by atoms with van der Waals surface area (Å²) in [6.07, 6.45) is 4.98. The summed E-state index contributed by atoms with van der Waals surface area (Å²) < 4.78 is 10.5. The number of allylic oxidation sites excluding steroid dienone is 1. The second-order valence-corrected chi connectivity index (χ2v) is 9.00. The smallest absolute Gasteiger partial charge is 0.410 e. The van der Waals surface area contributed by atoms with Crippen LogP contribution in [-0.2, 0) is 19.1 Å². The van der Waals surface area contributed by atoms with Crippen LogP contribution in [0.15, 0.2) is 11.6 Å². The van der Waals surface area contributed by atoms with E-state index in [1.807, 2.05) is 33.8 Å². The highest BCUT2D eigenvalue weighted by molar-refractivity contribution is 5.93. The van der Waals surface area contributed by atoms with Crippen molar-refractivity contribution in [2.24, 2.45) is 11.8 Å². The number of amides is 2. The third-order valence-corrected chi connectivity index (χ3v) is 5.34. The molecule has 2 fully saturated rings. The van der Waals surface area contributed by atoms with Crippen LogP contribution in [0.3, 0.4) is 0 Å². The maximum absolute atomic E-state index is 12.8. The predicted molar refractivity (Wildman–Crippen MR) is 110 cm³/mol. The molecule has 2 rings (SSSR count). The molecule has 164 valence electrons. The number of esters is 1. The number of carbonyl (C=O) groups excluding carboxylic acids is 3. The first-order valence-electron chi connectivity index (χ1n) is 10.7. The highest BCUT2D eigenvalue weighted by Gasteiger charge is 2.30. The molecule has 2 amide bonds. The van der Waals surface area contributed by atoms with Crippen LogP contribution in [0.5, 0.6) is 0 Å². The Morgan fingerprint density at radius 2 is 1.69 bits per heavy atom. The maximum Gasteiger partial charge on any atom is 0.410 e. The van der Waals surface area contributed by atoms with Gasteiger partial charge in [-0.3, -0.25) is 9.59 Å². The third-order valence-electron chi connectivity index (χ3n) is 5.34. The van der Waals surface area contributed by atoms with Gasteiger partial charge in [-0.05, 0) is 66.2 Å². The van der Waals surface area contributed by atoms with Gasteiger partial charge >= 0.3 is 12.1 Å². The molecule has 2 aliphatic rings. The van der Waals surface area contributed by atoms with Crippen molar-refractivity contribution < 1.29 is 23.9 Å². The fourth-order valence-electron chi connectivity index (χ4n) is 3.86. The number of likely N-dealkylation sites (tertiary alicyclic amines) is 2. The Labute approximate surface area is 174 Å². The second kappa shape index (κ2) is 10.1. The van der Waals surface area contributed by atoms with Crippen molar-refractivity contribution >= 4 is 18.0 Å². The van der Waals surface area contributed by atoms with Crippen molar-refractivity contribution in [3.05, 3.63) is 11.6 Å². The topological polar surface area (TPSA) is 76.2 Å². The van der Waals surface area contributed by atoms with Gasteiger partial charge in [0, 0.05) is 31.8 Å². The molecule has 2 saturated heterocycles. The molecule has 0 radical (unpaired) electrons. The number of ether oxygens (including phenoxy) is 2. The molecule has 0 spiro atoms. The van der Waals surface area contributed by atoms with E-state index in [-0.39, 0.29) is 29.8 Å². The van der Waals surface area contributed by atoms with Crippen molar-refractivity contribution in [1.29, 1.82) is 0 Å². The molecule has 0 aromatic rings. The van der Waals surface area contributed by atoms with E-state index in [2.05, 4.69) is 0 Å². The third kappa shape index (κ3) is 7.05. The first-order chi connectivity index (χ1) is 13.6. The molecule has 29 heavy (non-hydrogen) atoms. The van der Waals surface area contributed by atoms with Gasteiger partial charge in [-0.2, -0.15) is 0 Å². The molecule has 0 bridgehead atoms. The van der Waals surface area contributed by atoms with Gasteiger partial charge < -0.3 is 19.3 Å². The number of carbonyl (C=O) groups is 3. The molecule has 7 heteroatoms. The summed E-state index contributed by atoms with van der Waals surface area (Å²) in [5.74, 6) is -0.171. The summed E-state index contributed by atoms with van der Waals surface area (Å²) in [5, 5.41) is 0. The summed E-state index contributed by atoms with van der Waals surface area (Å²) in [6, 6.07) is 0. The predicted octanol–water partition coefficient (Wildman–Crippen LogP) is 3.38. The van der Waals surface area contributed by atoms with E-state index in [4.69, 9.17) is 9.47 Å². The van der Waals surface area contributed by atoms with E-state index in [0.717, 1.165) is 25.7 Å². The average molecular weight is 409 g/mol. The van der Waals surface area contributed by atoms with Crippen LogP contribution in [0.2, 0.25) is 0 Å². The molecule has 0 saturated carbocycles. The van der Waals surface area contributed by atoms with Gasteiger partial charge in [0.25, 0.3) is 0 Å². The van der Waals surface area contributed by atoms with Gasteiger partial charge in [0.15, 0.2) is 0 Å². The van der Waals surface area contributed by atoms with Crippen LogP contribution < -0.4 is 0 Å². The molecular formula is C22H36N2O5. The molecular weight excluding hydrogens is 372 g/mol. The number of nitrogens with zero attached hydrogens (tertiary/aromatic N) is 2. The Hall–Kier alpha value is -2.05. The quantitative estimate of drug-likeness (QED) is 0.526. The maximum atomic E-state index is 12.8.